The van der Waals surface area contributed by atoms with Gasteiger partial charge in [-0.2, -0.15) is 5.10 Å². The van der Waals surface area contributed by atoms with Crippen molar-refractivity contribution in [1.29, 1.82) is 0 Å². The number of hydrogen-bond donors (Lipinski definition) is 0. The average Bonchev–Trinajstić information content (AvgIpc) is 3.22. The van der Waals surface area contributed by atoms with Gasteiger partial charge in [-0.1, -0.05) is 12.1 Å². The molecule has 1 aromatic carbocycles. The lowest BCUT2D eigenvalue weighted by molar-refractivity contribution is 0.0985. The van der Waals surface area contributed by atoms with Gasteiger partial charge in [0.2, 0.25) is 0 Å². The summed E-state index contributed by atoms with van der Waals surface area (Å²) in [6.45, 7) is 0. The summed E-state index contributed by atoms with van der Waals surface area (Å²) in [5.41, 5.74) is 3.26. The highest BCUT2D eigenvalue weighted by Gasteiger charge is 2.13. The average molecular weight is 332 g/mol. The number of aromatic nitrogens is 6. The summed E-state index contributed by atoms with van der Waals surface area (Å²) in [6, 6.07) is 7.68. The molecular formula is C18H16N6O. The number of imidazole rings is 1. The van der Waals surface area contributed by atoms with Gasteiger partial charge in [0.15, 0.2) is 5.78 Å². The van der Waals surface area contributed by atoms with Gasteiger partial charge in [0, 0.05) is 37.4 Å². The van der Waals surface area contributed by atoms with E-state index in [0.29, 0.717) is 11.5 Å². The van der Waals surface area contributed by atoms with Crippen LogP contribution < -0.4 is 0 Å². The molecule has 7 heteroatoms. The molecule has 0 atom stereocenters. The minimum Gasteiger partial charge on any atom is -0.334 e. The molecule has 0 spiro atoms. The van der Waals surface area contributed by atoms with Crippen LogP contribution in [0, 0.1) is 0 Å². The van der Waals surface area contributed by atoms with Gasteiger partial charge in [-0.3, -0.25) is 9.48 Å². The maximum absolute atomic E-state index is 12.3. The number of benzene rings is 1. The Balaban J connectivity index is 1.67. The first-order valence-electron chi connectivity index (χ1n) is 7.85. The highest BCUT2D eigenvalue weighted by atomic mass is 16.1. The second-order valence-electron chi connectivity index (χ2n) is 5.92. The van der Waals surface area contributed by atoms with E-state index in [4.69, 9.17) is 0 Å². The number of rotatable bonds is 4. The molecule has 0 saturated carbocycles. The lowest BCUT2D eigenvalue weighted by atomic mass is 10.1. The fourth-order valence-corrected chi connectivity index (χ4v) is 2.74. The molecule has 0 aliphatic carbocycles. The van der Waals surface area contributed by atoms with Crippen molar-refractivity contribution in [2.45, 2.75) is 6.42 Å². The molecule has 0 fully saturated rings. The van der Waals surface area contributed by atoms with Crippen molar-refractivity contribution < 1.29 is 4.79 Å². The summed E-state index contributed by atoms with van der Waals surface area (Å²) >= 11 is 0. The third kappa shape index (κ3) is 2.91. The van der Waals surface area contributed by atoms with Crippen molar-refractivity contribution in [3.05, 3.63) is 60.7 Å². The molecule has 0 aliphatic rings. The summed E-state index contributed by atoms with van der Waals surface area (Å²) in [4.78, 5) is 25.3. The van der Waals surface area contributed by atoms with E-state index in [-0.39, 0.29) is 12.2 Å². The Morgan fingerprint density at radius 1 is 1.16 bits per heavy atom. The van der Waals surface area contributed by atoms with E-state index in [1.165, 1.54) is 0 Å². The van der Waals surface area contributed by atoms with Crippen LogP contribution in [0.5, 0.6) is 0 Å². The van der Waals surface area contributed by atoms with Crippen molar-refractivity contribution in [1.82, 2.24) is 29.3 Å². The van der Waals surface area contributed by atoms with Crippen molar-refractivity contribution in [3.8, 4) is 11.3 Å². The van der Waals surface area contributed by atoms with Gasteiger partial charge >= 0.3 is 0 Å². The zero-order chi connectivity index (χ0) is 17.4. The van der Waals surface area contributed by atoms with E-state index < -0.39 is 0 Å². The molecule has 25 heavy (non-hydrogen) atoms. The predicted octanol–water partition coefficient (Wildman–Crippen LogP) is 2.19. The van der Waals surface area contributed by atoms with Gasteiger partial charge in [-0.05, 0) is 12.1 Å². The van der Waals surface area contributed by atoms with Crippen LogP contribution in [0.3, 0.4) is 0 Å². The standard InChI is InChI=1S/C18H16N6O/c1-23-11-19-10-16(23)12-3-4-13-9-20-18(21-15(13)7-12)8-17(25)14-5-6-24(2)22-14/h3-7,9-11H,8H2,1-2H3. The summed E-state index contributed by atoms with van der Waals surface area (Å²) < 4.78 is 3.56. The third-order valence-electron chi connectivity index (χ3n) is 4.06. The summed E-state index contributed by atoms with van der Waals surface area (Å²) in [5, 5.41) is 5.06. The van der Waals surface area contributed by atoms with Crippen LogP contribution in [0.1, 0.15) is 16.3 Å². The van der Waals surface area contributed by atoms with E-state index in [2.05, 4.69) is 20.1 Å². The topological polar surface area (TPSA) is 78.5 Å². The zero-order valence-corrected chi connectivity index (χ0v) is 13.9. The Kier molecular flexibility index (Phi) is 3.61. The molecule has 4 aromatic rings. The summed E-state index contributed by atoms with van der Waals surface area (Å²) in [5.74, 6) is 0.396. The minimum atomic E-state index is -0.0947. The second kappa shape index (κ2) is 5.94. The van der Waals surface area contributed by atoms with E-state index >= 15 is 0 Å². The quantitative estimate of drug-likeness (QED) is 0.535. The molecule has 0 radical (unpaired) electrons. The Bertz CT molecular complexity index is 1080. The van der Waals surface area contributed by atoms with Crippen LogP contribution in [0.25, 0.3) is 22.2 Å². The van der Waals surface area contributed by atoms with Gasteiger partial charge in [0.05, 0.1) is 30.2 Å². The Labute approximate surface area is 144 Å². The Morgan fingerprint density at radius 3 is 2.76 bits per heavy atom. The first-order valence-corrected chi connectivity index (χ1v) is 7.85. The maximum atomic E-state index is 12.3. The van der Waals surface area contributed by atoms with E-state index in [1.54, 1.807) is 36.5 Å². The first-order chi connectivity index (χ1) is 12.1. The zero-order valence-electron chi connectivity index (χ0n) is 13.9. The molecule has 4 rings (SSSR count). The number of ketones is 1. The number of Topliss-reactive ketones (excluding diaryl/α,β-unsaturated/α-hetero) is 1. The van der Waals surface area contributed by atoms with E-state index in [0.717, 1.165) is 22.2 Å². The normalized spacial score (nSPS) is 11.1. The lowest BCUT2D eigenvalue weighted by Crippen LogP contribution is -2.08. The monoisotopic (exact) mass is 332 g/mol. The van der Waals surface area contributed by atoms with Crippen LogP contribution in [0.15, 0.2) is 49.2 Å². The van der Waals surface area contributed by atoms with Gasteiger partial charge < -0.3 is 4.57 Å². The minimum absolute atomic E-state index is 0.0947. The van der Waals surface area contributed by atoms with Crippen LogP contribution in [0.2, 0.25) is 0 Å². The molecular weight excluding hydrogens is 316 g/mol. The van der Waals surface area contributed by atoms with E-state index in [9.17, 15) is 4.79 Å². The van der Waals surface area contributed by atoms with Crippen molar-refractivity contribution in [2.75, 3.05) is 0 Å². The molecule has 0 amide bonds. The lowest BCUT2D eigenvalue weighted by Gasteiger charge is -2.05. The SMILES string of the molecule is Cn1ccc(C(=O)Cc2ncc3ccc(-c4cncn4C)cc3n2)n1. The van der Waals surface area contributed by atoms with E-state index in [1.807, 2.05) is 36.0 Å². The van der Waals surface area contributed by atoms with Crippen LogP contribution in [-0.4, -0.2) is 35.1 Å². The van der Waals surface area contributed by atoms with Crippen LogP contribution in [0.4, 0.5) is 0 Å². The molecule has 0 saturated heterocycles. The third-order valence-corrected chi connectivity index (χ3v) is 4.06. The fourth-order valence-electron chi connectivity index (χ4n) is 2.74. The highest BCUT2D eigenvalue weighted by Crippen LogP contribution is 2.22. The van der Waals surface area contributed by atoms with Crippen LogP contribution in [-0.2, 0) is 20.5 Å². The maximum Gasteiger partial charge on any atom is 0.190 e. The van der Waals surface area contributed by atoms with Gasteiger partial charge in [-0.15, -0.1) is 0 Å². The number of carbonyl (C=O) groups excluding carboxylic acids is 1. The first kappa shape index (κ1) is 15.2. The van der Waals surface area contributed by atoms with Crippen molar-refractivity contribution in [2.24, 2.45) is 14.1 Å². The largest absolute Gasteiger partial charge is 0.334 e. The number of carbonyl (C=O) groups is 1. The smallest absolute Gasteiger partial charge is 0.190 e. The molecule has 3 heterocycles. The van der Waals surface area contributed by atoms with Crippen molar-refractivity contribution in [3.63, 3.8) is 0 Å². The van der Waals surface area contributed by atoms with Crippen LogP contribution >= 0.6 is 0 Å². The van der Waals surface area contributed by atoms with Gasteiger partial charge in [0.1, 0.15) is 11.5 Å². The Hall–Kier alpha value is -3.35. The number of aryl methyl sites for hydroxylation is 2. The molecule has 0 unspecified atom stereocenters. The summed E-state index contributed by atoms with van der Waals surface area (Å²) in [7, 11) is 3.73. The fraction of sp³-hybridized carbons (Fsp3) is 0.167. The molecule has 0 aliphatic heterocycles. The molecule has 7 nitrogen and oxygen atoms in total. The number of fused-ring (bicyclic) bond motifs is 1. The van der Waals surface area contributed by atoms with Gasteiger partial charge in [-0.25, -0.2) is 15.0 Å². The van der Waals surface area contributed by atoms with Crippen molar-refractivity contribution >= 4 is 16.7 Å². The molecule has 3 aromatic heterocycles. The summed E-state index contributed by atoms with van der Waals surface area (Å²) in [6.07, 6.45) is 7.19. The number of nitrogens with zero attached hydrogens (tertiary/aromatic N) is 6. The highest BCUT2D eigenvalue weighted by molar-refractivity contribution is 5.95. The second-order valence-corrected chi connectivity index (χ2v) is 5.92. The molecule has 0 bridgehead atoms. The Morgan fingerprint density at radius 2 is 2.04 bits per heavy atom. The van der Waals surface area contributed by atoms with Gasteiger partial charge in [0.25, 0.3) is 0 Å². The molecule has 0 N–H and O–H groups in total. The molecule has 124 valence electrons. The predicted molar refractivity (Wildman–Crippen MR) is 93.0 cm³/mol. The number of hydrogen-bond acceptors (Lipinski definition) is 5.